The third-order valence-corrected chi connectivity index (χ3v) is 5.25. The summed E-state index contributed by atoms with van der Waals surface area (Å²) in [7, 11) is 1.34. The van der Waals surface area contributed by atoms with Crippen LogP contribution >= 0.6 is 0 Å². The number of carbonyl (C=O) groups excluding carboxylic acids is 2. The normalized spacial score (nSPS) is 12.5. The molecular formula is C27H27NO3. The molecule has 0 aliphatic heterocycles. The van der Waals surface area contributed by atoms with Gasteiger partial charge in [0.2, 0.25) is 0 Å². The molecule has 0 unspecified atom stereocenters. The smallest absolute Gasteiger partial charge is 0.323 e. The molecule has 4 nitrogen and oxygen atoms in total. The van der Waals surface area contributed by atoms with Crippen LogP contribution in [0.3, 0.4) is 0 Å². The number of benzene rings is 3. The molecule has 3 rings (SSSR count). The van der Waals surface area contributed by atoms with Crippen molar-refractivity contribution in [2.24, 2.45) is 0 Å². The van der Waals surface area contributed by atoms with Crippen LogP contribution < -0.4 is 5.32 Å². The number of methoxy groups -OCH3 is 1. The molecule has 0 saturated heterocycles. The van der Waals surface area contributed by atoms with Gasteiger partial charge in [-0.3, -0.25) is 14.9 Å². The van der Waals surface area contributed by atoms with Crippen LogP contribution in [0.1, 0.15) is 30.0 Å². The molecule has 1 atom stereocenters. The topological polar surface area (TPSA) is 55.4 Å². The molecule has 0 spiro atoms. The van der Waals surface area contributed by atoms with Gasteiger partial charge in [0.1, 0.15) is 6.04 Å². The highest BCUT2D eigenvalue weighted by Crippen LogP contribution is 2.37. The number of ketones is 1. The maximum absolute atomic E-state index is 12.8. The number of hydrogen-bond acceptors (Lipinski definition) is 4. The molecule has 0 radical (unpaired) electrons. The number of rotatable bonds is 9. The van der Waals surface area contributed by atoms with Crippen LogP contribution in [0.5, 0.6) is 0 Å². The minimum atomic E-state index is -0.862. The highest BCUT2D eigenvalue weighted by atomic mass is 16.5. The zero-order valence-corrected chi connectivity index (χ0v) is 17.8. The van der Waals surface area contributed by atoms with Crippen LogP contribution in [0.15, 0.2) is 103 Å². The molecule has 1 N–H and O–H groups in total. The summed E-state index contributed by atoms with van der Waals surface area (Å²) in [4.78, 5) is 25.2. The van der Waals surface area contributed by atoms with E-state index < -0.39 is 17.6 Å². The first-order chi connectivity index (χ1) is 15.1. The van der Waals surface area contributed by atoms with E-state index >= 15 is 0 Å². The first-order valence-electron chi connectivity index (χ1n) is 10.3. The summed E-state index contributed by atoms with van der Waals surface area (Å²) < 4.78 is 5.07. The average molecular weight is 414 g/mol. The maximum atomic E-state index is 12.8. The van der Waals surface area contributed by atoms with E-state index in [2.05, 4.69) is 5.32 Å². The van der Waals surface area contributed by atoms with Crippen LogP contribution in [0.2, 0.25) is 0 Å². The third kappa shape index (κ3) is 4.98. The molecular weight excluding hydrogens is 386 g/mol. The van der Waals surface area contributed by atoms with Gasteiger partial charge in [0, 0.05) is 6.42 Å². The van der Waals surface area contributed by atoms with Gasteiger partial charge in [-0.2, -0.15) is 0 Å². The summed E-state index contributed by atoms with van der Waals surface area (Å²) in [6.45, 7) is 1.78. The second kappa shape index (κ2) is 10.5. The summed E-state index contributed by atoms with van der Waals surface area (Å²) in [6.07, 6.45) is 3.15. The number of esters is 1. The Morgan fingerprint density at radius 3 is 1.61 bits per heavy atom. The first kappa shape index (κ1) is 22.2. The van der Waals surface area contributed by atoms with Crippen molar-refractivity contribution in [3.05, 3.63) is 120 Å². The lowest BCUT2D eigenvalue weighted by atomic mass is 9.76. The number of carbonyl (C=O) groups is 2. The van der Waals surface area contributed by atoms with E-state index in [0.717, 1.165) is 16.7 Å². The van der Waals surface area contributed by atoms with Crippen molar-refractivity contribution in [2.45, 2.75) is 24.9 Å². The van der Waals surface area contributed by atoms with E-state index in [-0.39, 0.29) is 12.2 Å². The van der Waals surface area contributed by atoms with Crippen LogP contribution in [0, 0.1) is 0 Å². The Bertz CT molecular complexity index is 917. The van der Waals surface area contributed by atoms with E-state index in [0.29, 0.717) is 0 Å². The SMILES string of the molecule is C/C=C/C(=O)C[C@H](NC(c1ccccc1)(c1ccccc1)c1ccccc1)C(=O)OC. The van der Waals surface area contributed by atoms with E-state index in [4.69, 9.17) is 4.74 Å². The van der Waals surface area contributed by atoms with Crippen molar-refractivity contribution in [3.63, 3.8) is 0 Å². The Labute approximate surface area is 183 Å². The van der Waals surface area contributed by atoms with Crippen molar-refractivity contribution in [3.8, 4) is 0 Å². The molecule has 0 amide bonds. The van der Waals surface area contributed by atoms with Gasteiger partial charge in [0.15, 0.2) is 5.78 Å². The molecule has 0 aliphatic rings. The zero-order valence-electron chi connectivity index (χ0n) is 17.8. The van der Waals surface area contributed by atoms with E-state index in [1.54, 1.807) is 13.0 Å². The van der Waals surface area contributed by atoms with Crippen molar-refractivity contribution < 1.29 is 14.3 Å². The monoisotopic (exact) mass is 413 g/mol. The zero-order chi connectivity index (χ0) is 22.1. The lowest BCUT2D eigenvalue weighted by Crippen LogP contribution is -2.53. The van der Waals surface area contributed by atoms with Gasteiger partial charge in [-0.1, -0.05) is 97.1 Å². The van der Waals surface area contributed by atoms with Crippen LogP contribution in [0.4, 0.5) is 0 Å². The first-order valence-corrected chi connectivity index (χ1v) is 10.3. The Hall–Kier alpha value is -3.50. The summed E-state index contributed by atoms with van der Waals surface area (Å²) in [6, 6.07) is 29.0. The van der Waals surface area contributed by atoms with E-state index in [9.17, 15) is 9.59 Å². The number of allylic oxidation sites excluding steroid dienone is 2. The molecule has 31 heavy (non-hydrogen) atoms. The fraction of sp³-hybridized carbons (Fsp3) is 0.185. The van der Waals surface area contributed by atoms with Gasteiger partial charge in [0.05, 0.1) is 12.6 Å². The van der Waals surface area contributed by atoms with Crippen LogP contribution in [0.25, 0.3) is 0 Å². The molecule has 4 heteroatoms. The molecule has 0 saturated carbocycles. The van der Waals surface area contributed by atoms with E-state index in [1.807, 2.05) is 91.0 Å². The minimum Gasteiger partial charge on any atom is -0.468 e. The maximum Gasteiger partial charge on any atom is 0.323 e. The van der Waals surface area contributed by atoms with Gasteiger partial charge < -0.3 is 4.74 Å². The van der Waals surface area contributed by atoms with Crippen LogP contribution in [-0.4, -0.2) is 24.9 Å². The summed E-state index contributed by atoms with van der Waals surface area (Å²) in [5.41, 5.74) is 2.01. The molecule has 0 aliphatic carbocycles. The van der Waals surface area contributed by atoms with Gasteiger partial charge in [-0.05, 0) is 29.7 Å². The summed E-state index contributed by atoms with van der Waals surface area (Å²) >= 11 is 0. The summed E-state index contributed by atoms with van der Waals surface area (Å²) in [5, 5.41) is 3.53. The third-order valence-electron chi connectivity index (χ3n) is 5.25. The molecule has 0 fully saturated rings. The Balaban J connectivity index is 2.23. The average Bonchev–Trinajstić information content (AvgIpc) is 2.83. The predicted octanol–water partition coefficient (Wildman–Crippen LogP) is 4.65. The molecule has 158 valence electrons. The Morgan fingerprint density at radius 1 is 0.839 bits per heavy atom. The largest absolute Gasteiger partial charge is 0.468 e. The van der Waals surface area contributed by atoms with Crippen molar-refractivity contribution in [1.29, 1.82) is 0 Å². The Morgan fingerprint density at radius 2 is 1.26 bits per heavy atom. The fourth-order valence-electron chi connectivity index (χ4n) is 3.87. The van der Waals surface area contributed by atoms with Crippen LogP contribution in [-0.2, 0) is 19.9 Å². The highest BCUT2D eigenvalue weighted by Gasteiger charge is 2.40. The van der Waals surface area contributed by atoms with Gasteiger partial charge in [0.25, 0.3) is 0 Å². The molecule has 3 aromatic carbocycles. The Kier molecular flexibility index (Phi) is 7.52. The van der Waals surface area contributed by atoms with E-state index in [1.165, 1.54) is 13.2 Å². The van der Waals surface area contributed by atoms with Crippen molar-refractivity contribution in [2.75, 3.05) is 7.11 Å². The quantitative estimate of drug-likeness (QED) is 0.315. The van der Waals surface area contributed by atoms with Gasteiger partial charge >= 0.3 is 5.97 Å². The van der Waals surface area contributed by atoms with Gasteiger partial charge in [-0.25, -0.2) is 0 Å². The molecule has 0 bridgehead atoms. The molecule has 0 heterocycles. The lowest BCUT2D eigenvalue weighted by molar-refractivity contribution is -0.144. The number of nitrogens with one attached hydrogen (secondary N) is 1. The standard InChI is InChI=1S/C27H27NO3/c1-3-13-24(29)20-25(26(30)31-2)28-27(21-14-7-4-8-15-21,22-16-9-5-10-17-22)23-18-11-6-12-19-23/h3-19,25,28H,20H2,1-2H3/b13-3+/t25-/m0/s1. The highest BCUT2D eigenvalue weighted by molar-refractivity contribution is 5.93. The summed E-state index contributed by atoms with van der Waals surface area (Å²) in [5.74, 6) is -0.626. The lowest BCUT2D eigenvalue weighted by Gasteiger charge is -2.39. The number of hydrogen-bond donors (Lipinski definition) is 1. The van der Waals surface area contributed by atoms with Crippen molar-refractivity contribution >= 4 is 11.8 Å². The molecule has 0 aromatic heterocycles. The fourth-order valence-corrected chi connectivity index (χ4v) is 3.87. The molecule has 3 aromatic rings. The van der Waals surface area contributed by atoms with Gasteiger partial charge in [-0.15, -0.1) is 0 Å². The second-order valence-corrected chi connectivity index (χ2v) is 7.24. The number of ether oxygens (including phenoxy) is 1. The van der Waals surface area contributed by atoms with Crippen molar-refractivity contribution in [1.82, 2.24) is 5.32 Å². The predicted molar refractivity (Wildman–Crippen MR) is 123 cm³/mol. The second-order valence-electron chi connectivity index (χ2n) is 7.24. The minimum absolute atomic E-state index is 0.00867.